The van der Waals surface area contributed by atoms with Crippen molar-refractivity contribution in [3.63, 3.8) is 0 Å². The molecule has 0 bridgehead atoms. The first kappa shape index (κ1) is 13.4. The highest BCUT2D eigenvalue weighted by atomic mass is 32.2. The quantitative estimate of drug-likeness (QED) is 0.646. The Kier molecular flexibility index (Phi) is 4.01. The molecule has 2 aromatic rings. The fourth-order valence-corrected chi connectivity index (χ4v) is 2.53. The van der Waals surface area contributed by atoms with Gasteiger partial charge < -0.3 is 20.0 Å². The molecule has 0 aliphatic carbocycles. The number of rotatable bonds is 5. The number of nitrogens with two attached hydrogens (primary N) is 1. The summed E-state index contributed by atoms with van der Waals surface area (Å²) < 4.78 is 10.0. The molecule has 6 heteroatoms. The predicted octanol–water partition coefficient (Wildman–Crippen LogP) is 2.86. The monoisotopic (exact) mass is 279 g/mol. The lowest BCUT2D eigenvalue weighted by atomic mass is 10.3. The largest absolute Gasteiger partial charge is 0.497 e. The van der Waals surface area contributed by atoms with Crippen molar-refractivity contribution in [1.29, 1.82) is 0 Å². The minimum atomic E-state index is -1.07. The minimum absolute atomic E-state index is 0.0334. The van der Waals surface area contributed by atoms with Gasteiger partial charge in [-0.15, -0.1) is 11.8 Å². The highest BCUT2D eigenvalue weighted by Gasteiger charge is 2.14. The van der Waals surface area contributed by atoms with Crippen molar-refractivity contribution in [2.75, 3.05) is 12.8 Å². The minimum Gasteiger partial charge on any atom is -0.497 e. The molecule has 5 nitrogen and oxygen atoms in total. The Morgan fingerprint density at radius 2 is 2.26 bits per heavy atom. The second kappa shape index (κ2) is 5.71. The van der Waals surface area contributed by atoms with E-state index in [0.717, 1.165) is 4.90 Å². The summed E-state index contributed by atoms with van der Waals surface area (Å²) in [5, 5.41) is 8.94. The summed E-state index contributed by atoms with van der Waals surface area (Å²) in [6, 6.07) is 7.00. The lowest BCUT2D eigenvalue weighted by Crippen LogP contribution is -1.98. The number of carboxylic acid groups (broad SMARTS) is 1. The summed E-state index contributed by atoms with van der Waals surface area (Å²) in [5.41, 5.74) is 7.12. The van der Waals surface area contributed by atoms with Gasteiger partial charge >= 0.3 is 5.97 Å². The van der Waals surface area contributed by atoms with Crippen LogP contribution >= 0.6 is 11.8 Å². The number of carbonyl (C=O) groups is 1. The van der Waals surface area contributed by atoms with Crippen LogP contribution in [0, 0.1) is 0 Å². The molecule has 2 rings (SSSR count). The predicted molar refractivity (Wildman–Crippen MR) is 72.6 cm³/mol. The Hall–Kier alpha value is -2.08. The molecule has 0 saturated heterocycles. The Bertz CT molecular complexity index is 594. The van der Waals surface area contributed by atoms with Gasteiger partial charge in [-0.05, 0) is 24.3 Å². The van der Waals surface area contributed by atoms with Gasteiger partial charge in [0, 0.05) is 21.9 Å². The van der Waals surface area contributed by atoms with Gasteiger partial charge in [-0.1, -0.05) is 0 Å². The molecule has 0 aliphatic heterocycles. The second-order valence-corrected chi connectivity index (χ2v) is 4.79. The molecule has 1 aromatic heterocycles. The Labute approximate surface area is 114 Å². The molecular weight excluding hydrogens is 266 g/mol. The maximum absolute atomic E-state index is 10.9. The SMILES string of the molecule is COc1ccc(N)c(SCc2ccoc2C(=O)O)c1. The average Bonchev–Trinajstić information content (AvgIpc) is 2.86. The van der Waals surface area contributed by atoms with Crippen LogP contribution in [0.25, 0.3) is 0 Å². The van der Waals surface area contributed by atoms with Gasteiger partial charge in [0.25, 0.3) is 0 Å². The number of hydrogen-bond acceptors (Lipinski definition) is 5. The summed E-state index contributed by atoms with van der Waals surface area (Å²) in [6.45, 7) is 0. The number of thioether (sulfide) groups is 1. The van der Waals surface area contributed by atoms with Crippen LogP contribution in [-0.2, 0) is 5.75 Å². The van der Waals surface area contributed by atoms with Crippen LogP contribution in [0.15, 0.2) is 39.8 Å². The third-order valence-electron chi connectivity index (χ3n) is 2.54. The van der Waals surface area contributed by atoms with Crippen molar-refractivity contribution in [3.05, 3.63) is 41.9 Å². The number of hydrogen-bond donors (Lipinski definition) is 2. The lowest BCUT2D eigenvalue weighted by molar-refractivity contribution is 0.0661. The van der Waals surface area contributed by atoms with Crippen LogP contribution in [0.3, 0.4) is 0 Å². The van der Waals surface area contributed by atoms with E-state index >= 15 is 0 Å². The van der Waals surface area contributed by atoms with Crippen molar-refractivity contribution in [2.24, 2.45) is 0 Å². The van der Waals surface area contributed by atoms with E-state index in [-0.39, 0.29) is 5.76 Å². The molecule has 0 atom stereocenters. The van der Waals surface area contributed by atoms with Gasteiger partial charge in [0.2, 0.25) is 5.76 Å². The van der Waals surface area contributed by atoms with E-state index in [1.54, 1.807) is 25.3 Å². The Morgan fingerprint density at radius 1 is 1.47 bits per heavy atom. The Morgan fingerprint density at radius 3 is 2.95 bits per heavy atom. The standard InChI is InChI=1S/C13H13NO4S/c1-17-9-2-3-10(14)11(6-9)19-7-8-4-5-18-12(8)13(15)16/h2-6H,7,14H2,1H3,(H,15,16). The summed E-state index contributed by atoms with van der Waals surface area (Å²) in [4.78, 5) is 11.8. The molecule has 1 aromatic carbocycles. The van der Waals surface area contributed by atoms with Gasteiger partial charge in [-0.3, -0.25) is 0 Å². The molecular formula is C13H13NO4S. The highest BCUT2D eigenvalue weighted by molar-refractivity contribution is 7.98. The molecule has 100 valence electrons. The molecule has 0 amide bonds. The second-order valence-electron chi connectivity index (χ2n) is 3.77. The molecule has 0 unspecified atom stereocenters. The maximum atomic E-state index is 10.9. The van der Waals surface area contributed by atoms with Gasteiger partial charge in [0.05, 0.1) is 13.4 Å². The van der Waals surface area contributed by atoms with Crippen LogP contribution in [-0.4, -0.2) is 18.2 Å². The van der Waals surface area contributed by atoms with Crippen molar-refractivity contribution < 1.29 is 19.1 Å². The van der Waals surface area contributed by atoms with Gasteiger partial charge in [-0.25, -0.2) is 4.79 Å². The zero-order valence-corrected chi connectivity index (χ0v) is 11.1. The number of anilines is 1. The number of ether oxygens (including phenoxy) is 1. The molecule has 0 aliphatic rings. The van der Waals surface area contributed by atoms with Crippen LogP contribution in [0.2, 0.25) is 0 Å². The zero-order chi connectivity index (χ0) is 13.8. The van der Waals surface area contributed by atoms with E-state index < -0.39 is 5.97 Å². The van der Waals surface area contributed by atoms with Gasteiger partial charge in [0.1, 0.15) is 5.75 Å². The number of carboxylic acids is 1. The molecule has 0 radical (unpaired) electrons. The first-order chi connectivity index (χ1) is 9.11. The summed E-state index contributed by atoms with van der Waals surface area (Å²) >= 11 is 1.44. The van der Waals surface area contributed by atoms with E-state index in [9.17, 15) is 4.79 Å². The van der Waals surface area contributed by atoms with Crippen molar-refractivity contribution in [1.82, 2.24) is 0 Å². The molecule has 0 spiro atoms. The van der Waals surface area contributed by atoms with Crippen LogP contribution < -0.4 is 10.5 Å². The van der Waals surface area contributed by atoms with Crippen molar-refractivity contribution in [3.8, 4) is 5.75 Å². The highest BCUT2D eigenvalue weighted by Crippen LogP contribution is 2.32. The summed E-state index contributed by atoms with van der Waals surface area (Å²) in [5.74, 6) is 0.0747. The summed E-state index contributed by atoms with van der Waals surface area (Å²) in [6.07, 6.45) is 1.37. The first-order valence-corrected chi connectivity index (χ1v) is 6.46. The van der Waals surface area contributed by atoms with E-state index in [1.165, 1.54) is 18.0 Å². The van der Waals surface area contributed by atoms with Crippen LogP contribution in [0.4, 0.5) is 5.69 Å². The molecule has 1 heterocycles. The smallest absolute Gasteiger partial charge is 0.372 e. The maximum Gasteiger partial charge on any atom is 0.372 e. The van der Waals surface area contributed by atoms with E-state index in [1.807, 2.05) is 6.07 Å². The molecule has 0 fully saturated rings. The molecule has 19 heavy (non-hydrogen) atoms. The van der Waals surface area contributed by atoms with Crippen molar-refractivity contribution in [2.45, 2.75) is 10.6 Å². The molecule has 0 saturated carbocycles. The number of furan rings is 1. The fraction of sp³-hybridized carbons (Fsp3) is 0.154. The Balaban J connectivity index is 2.14. The zero-order valence-electron chi connectivity index (χ0n) is 10.3. The fourth-order valence-electron chi connectivity index (χ4n) is 1.56. The third-order valence-corrected chi connectivity index (χ3v) is 3.66. The lowest BCUT2D eigenvalue weighted by Gasteiger charge is -2.07. The normalized spacial score (nSPS) is 10.4. The van der Waals surface area contributed by atoms with Gasteiger partial charge in [0.15, 0.2) is 0 Å². The number of methoxy groups -OCH3 is 1. The van der Waals surface area contributed by atoms with Gasteiger partial charge in [-0.2, -0.15) is 0 Å². The molecule has 3 N–H and O–H groups in total. The third kappa shape index (κ3) is 3.03. The number of aromatic carboxylic acids is 1. The van der Waals surface area contributed by atoms with Crippen LogP contribution in [0.1, 0.15) is 16.1 Å². The number of benzene rings is 1. The first-order valence-electron chi connectivity index (χ1n) is 5.47. The van der Waals surface area contributed by atoms with E-state index in [4.69, 9.17) is 20.0 Å². The number of nitrogen functional groups attached to an aromatic ring is 1. The van der Waals surface area contributed by atoms with Crippen molar-refractivity contribution >= 4 is 23.4 Å². The van der Waals surface area contributed by atoms with E-state index in [2.05, 4.69) is 0 Å². The topological polar surface area (TPSA) is 85.7 Å². The summed E-state index contributed by atoms with van der Waals surface area (Å²) in [7, 11) is 1.58. The van der Waals surface area contributed by atoms with Crippen LogP contribution in [0.5, 0.6) is 5.75 Å². The average molecular weight is 279 g/mol. The van der Waals surface area contributed by atoms with E-state index in [0.29, 0.717) is 22.8 Å².